The first-order valence-corrected chi connectivity index (χ1v) is 3.86. The largest absolute Gasteiger partial charge is 0.318 e. The maximum absolute atomic E-state index is 12.2. The van der Waals surface area contributed by atoms with E-state index in [9.17, 15) is 9.18 Å². The Balaban J connectivity index is 2.38. The van der Waals surface area contributed by atoms with Gasteiger partial charge in [0.1, 0.15) is 0 Å². The van der Waals surface area contributed by atoms with Crippen molar-refractivity contribution in [2.45, 2.75) is 13.0 Å². The molecule has 1 saturated heterocycles. The van der Waals surface area contributed by atoms with Crippen molar-refractivity contribution >= 4 is 6.04 Å². The second kappa shape index (κ2) is 3.78. The van der Waals surface area contributed by atoms with Crippen LogP contribution in [-0.4, -0.2) is 43.2 Å². The quantitative estimate of drug-likeness (QED) is 0.567. The zero-order chi connectivity index (χ0) is 8.27. The third-order valence-electron chi connectivity index (χ3n) is 2.03. The van der Waals surface area contributed by atoms with Gasteiger partial charge in [0.2, 0.25) is 0 Å². The number of nitrogens with zero attached hydrogens (tertiary/aromatic N) is 1. The van der Waals surface area contributed by atoms with E-state index in [0.29, 0.717) is 0 Å². The minimum Gasteiger partial charge on any atom is -0.314 e. The highest BCUT2D eigenvalue weighted by atomic mass is 19.1. The molecule has 1 aliphatic rings. The maximum atomic E-state index is 12.2. The molecule has 1 fully saturated rings. The van der Waals surface area contributed by atoms with Gasteiger partial charge in [-0.15, -0.1) is 0 Å². The van der Waals surface area contributed by atoms with E-state index in [1.165, 1.54) is 0 Å². The summed E-state index contributed by atoms with van der Waals surface area (Å²) in [7, 11) is 0. The highest BCUT2D eigenvalue weighted by Gasteiger charge is 2.21. The fourth-order valence-electron chi connectivity index (χ4n) is 1.21. The Bertz CT molecular complexity index is 145. The Morgan fingerprint density at radius 3 is 2.55 bits per heavy atom. The summed E-state index contributed by atoms with van der Waals surface area (Å²) in [4.78, 5) is 12.2. The Morgan fingerprint density at radius 2 is 2.09 bits per heavy atom. The van der Waals surface area contributed by atoms with Crippen molar-refractivity contribution in [3.63, 3.8) is 0 Å². The molecule has 1 rings (SSSR count). The van der Waals surface area contributed by atoms with E-state index >= 15 is 0 Å². The summed E-state index contributed by atoms with van der Waals surface area (Å²) >= 11 is 0. The Morgan fingerprint density at radius 1 is 1.55 bits per heavy atom. The van der Waals surface area contributed by atoms with Crippen LogP contribution in [0.2, 0.25) is 0 Å². The number of carbonyl (C=O) groups excluding carboxylic acids is 1. The lowest BCUT2D eigenvalue weighted by Crippen LogP contribution is -2.49. The van der Waals surface area contributed by atoms with Crippen LogP contribution in [0.1, 0.15) is 6.92 Å². The molecule has 1 N–H and O–H groups in total. The highest BCUT2D eigenvalue weighted by Crippen LogP contribution is 2.01. The van der Waals surface area contributed by atoms with Gasteiger partial charge in [-0.25, -0.2) is 0 Å². The zero-order valence-corrected chi connectivity index (χ0v) is 6.64. The Kier molecular flexibility index (Phi) is 2.96. The molecular formula is C7H13FN2O. The zero-order valence-electron chi connectivity index (χ0n) is 6.64. The molecule has 0 aromatic carbocycles. The smallest absolute Gasteiger partial charge is 0.314 e. The first-order valence-electron chi connectivity index (χ1n) is 3.86. The summed E-state index contributed by atoms with van der Waals surface area (Å²) in [5, 5.41) is 3.13. The van der Waals surface area contributed by atoms with Crippen LogP contribution < -0.4 is 5.32 Å². The van der Waals surface area contributed by atoms with Crippen LogP contribution in [0.4, 0.5) is 4.39 Å². The molecule has 0 aromatic heterocycles. The van der Waals surface area contributed by atoms with Gasteiger partial charge in [0, 0.05) is 26.2 Å². The molecule has 1 atom stereocenters. The molecule has 0 bridgehead atoms. The molecule has 0 amide bonds. The van der Waals surface area contributed by atoms with Crippen LogP contribution >= 0.6 is 0 Å². The summed E-state index contributed by atoms with van der Waals surface area (Å²) in [6, 6.07) is -1.79. The number of carbonyl (C=O) groups is 1. The maximum Gasteiger partial charge on any atom is 0.318 e. The molecule has 0 aliphatic carbocycles. The lowest BCUT2D eigenvalue weighted by Gasteiger charge is -2.29. The van der Waals surface area contributed by atoms with Gasteiger partial charge in [0.05, 0.1) is 6.04 Å². The lowest BCUT2D eigenvalue weighted by molar-refractivity contribution is -0.134. The van der Waals surface area contributed by atoms with Crippen molar-refractivity contribution in [2.24, 2.45) is 0 Å². The van der Waals surface area contributed by atoms with Gasteiger partial charge in [-0.1, -0.05) is 0 Å². The minimum atomic E-state index is -1.23. The van der Waals surface area contributed by atoms with E-state index in [0.717, 1.165) is 26.2 Å². The number of nitrogens with one attached hydrogen (secondary N) is 1. The lowest BCUT2D eigenvalue weighted by atomic mass is 10.2. The summed E-state index contributed by atoms with van der Waals surface area (Å²) in [5.74, 6) is 0. The van der Waals surface area contributed by atoms with Gasteiger partial charge in [-0.2, -0.15) is 4.39 Å². The van der Waals surface area contributed by atoms with Crippen LogP contribution in [0.3, 0.4) is 0 Å². The van der Waals surface area contributed by atoms with Crippen molar-refractivity contribution in [3.8, 4) is 0 Å². The van der Waals surface area contributed by atoms with Gasteiger partial charge >= 0.3 is 6.04 Å². The number of halogens is 1. The number of rotatable bonds is 2. The fraction of sp³-hybridized carbons (Fsp3) is 0.857. The second-order valence-electron chi connectivity index (χ2n) is 2.77. The van der Waals surface area contributed by atoms with Crippen LogP contribution in [0.15, 0.2) is 0 Å². The molecule has 4 heteroatoms. The van der Waals surface area contributed by atoms with Gasteiger partial charge in [-0.05, 0) is 6.92 Å². The third kappa shape index (κ3) is 2.24. The second-order valence-corrected chi connectivity index (χ2v) is 2.77. The normalized spacial score (nSPS) is 23.1. The molecule has 11 heavy (non-hydrogen) atoms. The fourth-order valence-corrected chi connectivity index (χ4v) is 1.21. The summed E-state index contributed by atoms with van der Waals surface area (Å²) < 4.78 is 12.2. The minimum absolute atomic E-state index is 0.558. The highest BCUT2D eigenvalue weighted by molar-refractivity contribution is 5.73. The van der Waals surface area contributed by atoms with Gasteiger partial charge in [0.25, 0.3) is 0 Å². The number of piperazine rings is 1. The van der Waals surface area contributed by atoms with E-state index in [-0.39, 0.29) is 0 Å². The van der Waals surface area contributed by atoms with Crippen LogP contribution in [0.25, 0.3) is 0 Å². The predicted molar refractivity (Wildman–Crippen MR) is 40.0 cm³/mol. The molecular weight excluding hydrogens is 147 g/mol. The molecule has 0 spiro atoms. The molecule has 1 unspecified atom stereocenters. The molecule has 0 radical (unpaired) electrons. The molecule has 64 valence electrons. The van der Waals surface area contributed by atoms with E-state index in [1.54, 1.807) is 6.92 Å². The van der Waals surface area contributed by atoms with Crippen molar-refractivity contribution in [1.29, 1.82) is 0 Å². The van der Waals surface area contributed by atoms with Crippen molar-refractivity contribution in [3.05, 3.63) is 0 Å². The third-order valence-corrected chi connectivity index (χ3v) is 2.03. The first-order chi connectivity index (χ1) is 5.22. The molecule has 1 heterocycles. The summed E-state index contributed by atoms with van der Waals surface area (Å²) in [5.41, 5.74) is 0. The Labute approximate surface area is 65.6 Å². The van der Waals surface area contributed by atoms with E-state index in [2.05, 4.69) is 5.32 Å². The van der Waals surface area contributed by atoms with E-state index in [1.807, 2.05) is 4.90 Å². The summed E-state index contributed by atoms with van der Waals surface area (Å²) in [6.07, 6.45) is 0. The monoisotopic (exact) mass is 160 g/mol. The average molecular weight is 160 g/mol. The topological polar surface area (TPSA) is 32.3 Å². The molecule has 0 aromatic rings. The molecule has 1 aliphatic heterocycles. The van der Waals surface area contributed by atoms with Crippen LogP contribution in [0.5, 0.6) is 0 Å². The predicted octanol–water partition coefficient (Wildman–Crippen LogP) is -0.224. The van der Waals surface area contributed by atoms with E-state index in [4.69, 9.17) is 0 Å². The molecule has 0 saturated carbocycles. The van der Waals surface area contributed by atoms with Crippen LogP contribution in [0, 0.1) is 0 Å². The van der Waals surface area contributed by atoms with Gasteiger partial charge in [-0.3, -0.25) is 9.69 Å². The number of hydrogen-bond donors (Lipinski definition) is 1. The van der Waals surface area contributed by atoms with E-state index < -0.39 is 12.1 Å². The Hall–Kier alpha value is -0.480. The van der Waals surface area contributed by atoms with Crippen molar-refractivity contribution in [2.75, 3.05) is 26.2 Å². The van der Waals surface area contributed by atoms with Crippen LogP contribution in [-0.2, 0) is 4.79 Å². The molecule has 3 nitrogen and oxygen atoms in total. The average Bonchev–Trinajstić information content (AvgIpc) is 2.05. The first kappa shape index (κ1) is 8.62. The van der Waals surface area contributed by atoms with Crippen molar-refractivity contribution in [1.82, 2.24) is 10.2 Å². The van der Waals surface area contributed by atoms with Crippen molar-refractivity contribution < 1.29 is 9.18 Å². The number of hydrogen-bond acceptors (Lipinski definition) is 3. The van der Waals surface area contributed by atoms with Gasteiger partial charge < -0.3 is 5.32 Å². The van der Waals surface area contributed by atoms with Gasteiger partial charge in [0.15, 0.2) is 0 Å². The SMILES string of the molecule is CC(C(=O)F)N1CCNCC1. The summed E-state index contributed by atoms with van der Waals surface area (Å²) in [6.45, 7) is 4.82. The standard InChI is InChI=1S/C7H13FN2O/c1-6(7(8)11)10-4-2-9-3-5-10/h6,9H,2-5H2,1H3.